The van der Waals surface area contributed by atoms with Crippen molar-refractivity contribution < 1.29 is 13.9 Å². The monoisotopic (exact) mass is 264 g/mol. The smallest absolute Gasteiger partial charge is 0.251 e. The van der Waals surface area contributed by atoms with Crippen molar-refractivity contribution in [3.05, 3.63) is 16.1 Å². The molecule has 1 heterocycles. The summed E-state index contributed by atoms with van der Waals surface area (Å²) in [6.45, 7) is 4.27. The summed E-state index contributed by atoms with van der Waals surface area (Å²) in [5, 5.41) is 11.7. The number of hydrogen-bond donors (Lipinski definition) is 1. The quantitative estimate of drug-likeness (QED) is 0.821. The normalized spacial score (nSPS) is 12.0. The summed E-state index contributed by atoms with van der Waals surface area (Å²) in [6.07, 6.45) is -2.38. The van der Waals surface area contributed by atoms with Crippen LogP contribution in [0.25, 0.3) is 0 Å². The molecule has 0 saturated carbocycles. The number of alkyl halides is 2. The first kappa shape index (κ1) is 14.5. The largest absolute Gasteiger partial charge is 0.395 e. The fraction of sp³-hybridized carbons (Fsp3) is 0.727. The SMILES string of the molecule is CC(C)c1nc(CN(CCO)CC(F)F)cs1. The van der Waals surface area contributed by atoms with Crippen LogP contribution in [0.1, 0.15) is 30.5 Å². The number of nitrogens with zero attached hydrogens (tertiary/aromatic N) is 2. The minimum Gasteiger partial charge on any atom is -0.395 e. The Morgan fingerprint density at radius 1 is 1.47 bits per heavy atom. The molecule has 17 heavy (non-hydrogen) atoms. The molecule has 0 unspecified atom stereocenters. The van der Waals surface area contributed by atoms with Crippen molar-refractivity contribution in [1.82, 2.24) is 9.88 Å². The predicted octanol–water partition coefficient (Wildman–Crippen LogP) is 2.33. The second-order valence-electron chi connectivity index (χ2n) is 4.18. The average molecular weight is 264 g/mol. The molecule has 1 rings (SSSR count). The van der Waals surface area contributed by atoms with Crippen LogP contribution in [-0.4, -0.2) is 41.1 Å². The molecular formula is C11H18F2N2OS. The standard InChI is InChI=1S/C11H18F2N2OS/c1-8(2)11-14-9(7-17-11)5-15(3-4-16)6-10(12)13/h7-8,10,16H,3-6H2,1-2H3. The van der Waals surface area contributed by atoms with Crippen LogP contribution in [0.2, 0.25) is 0 Å². The zero-order chi connectivity index (χ0) is 12.8. The molecule has 0 bridgehead atoms. The second kappa shape index (κ2) is 6.98. The molecule has 0 saturated heterocycles. The van der Waals surface area contributed by atoms with Gasteiger partial charge in [0.2, 0.25) is 0 Å². The van der Waals surface area contributed by atoms with Gasteiger partial charge in [0.25, 0.3) is 6.43 Å². The number of aliphatic hydroxyl groups is 1. The lowest BCUT2D eigenvalue weighted by molar-refractivity contribution is 0.0741. The lowest BCUT2D eigenvalue weighted by atomic mass is 10.2. The van der Waals surface area contributed by atoms with E-state index in [4.69, 9.17) is 5.11 Å². The number of aliphatic hydroxyl groups excluding tert-OH is 1. The van der Waals surface area contributed by atoms with Crippen molar-refractivity contribution in [1.29, 1.82) is 0 Å². The predicted molar refractivity (Wildman–Crippen MR) is 64.6 cm³/mol. The van der Waals surface area contributed by atoms with E-state index < -0.39 is 6.43 Å². The molecular weight excluding hydrogens is 246 g/mol. The third-order valence-corrected chi connectivity index (χ3v) is 3.46. The number of thiazole rings is 1. The van der Waals surface area contributed by atoms with Gasteiger partial charge in [-0.1, -0.05) is 13.8 Å². The lowest BCUT2D eigenvalue weighted by Gasteiger charge is -2.19. The Morgan fingerprint density at radius 2 is 2.18 bits per heavy atom. The van der Waals surface area contributed by atoms with Crippen LogP contribution in [0, 0.1) is 0 Å². The van der Waals surface area contributed by atoms with Gasteiger partial charge in [0, 0.05) is 24.4 Å². The van der Waals surface area contributed by atoms with Gasteiger partial charge in [-0.2, -0.15) is 0 Å². The molecule has 98 valence electrons. The van der Waals surface area contributed by atoms with Crippen molar-refractivity contribution in [2.24, 2.45) is 0 Å². The Labute approximate surface area is 104 Å². The fourth-order valence-corrected chi connectivity index (χ4v) is 2.29. The number of hydrogen-bond acceptors (Lipinski definition) is 4. The van der Waals surface area contributed by atoms with Crippen LogP contribution in [0.15, 0.2) is 5.38 Å². The van der Waals surface area contributed by atoms with Gasteiger partial charge in [-0.15, -0.1) is 11.3 Å². The number of halogens is 2. The third kappa shape index (κ3) is 5.06. The molecule has 0 atom stereocenters. The molecule has 0 amide bonds. The van der Waals surface area contributed by atoms with Crippen LogP contribution in [-0.2, 0) is 6.54 Å². The van der Waals surface area contributed by atoms with Gasteiger partial charge >= 0.3 is 0 Å². The van der Waals surface area contributed by atoms with Crippen molar-refractivity contribution >= 4 is 11.3 Å². The minimum absolute atomic E-state index is 0.117. The van der Waals surface area contributed by atoms with Gasteiger partial charge in [-0.25, -0.2) is 13.8 Å². The Kier molecular flexibility index (Phi) is 5.94. The molecule has 3 nitrogen and oxygen atoms in total. The van der Waals surface area contributed by atoms with Crippen LogP contribution in [0.3, 0.4) is 0 Å². The highest BCUT2D eigenvalue weighted by Gasteiger charge is 2.14. The summed E-state index contributed by atoms with van der Waals surface area (Å²) in [4.78, 5) is 5.91. The van der Waals surface area contributed by atoms with E-state index in [1.54, 1.807) is 11.3 Å². The van der Waals surface area contributed by atoms with E-state index in [1.807, 2.05) is 19.2 Å². The maximum absolute atomic E-state index is 12.3. The Morgan fingerprint density at radius 3 is 2.65 bits per heavy atom. The summed E-state index contributed by atoms with van der Waals surface area (Å²) >= 11 is 1.55. The van der Waals surface area contributed by atoms with E-state index >= 15 is 0 Å². The molecule has 0 aliphatic carbocycles. The van der Waals surface area contributed by atoms with Gasteiger partial charge < -0.3 is 5.11 Å². The van der Waals surface area contributed by atoms with Crippen LogP contribution >= 0.6 is 11.3 Å². The maximum Gasteiger partial charge on any atom is 0.251 e. The summed E-state index contributed by atoms with van der Waals surface area (Å²) in [5.41, 5.74) is 0.799. The minimum atomic E-state index is -2.38. The first-order valence-corrected chi connectivity index (χ1v) is 6.46. The Hall–Kier alpha value is -0.590. The molecule has 1 aromatic rings. The molecule has 1 N–H and O–H groups in total. The van der Waals surface area contributed by atoms with Gasteiger partial charge in [0.15, 0.2) is 0 Å². The zero-order valence-electron chi connectivity index (χ0n) is 10.1. The molecule has 6 heteroatoms. The maximum atomic E-state index is 12.3. The summed E-state index contributed by atoms with van der Waals surface area (Å²) in [5.74, 6) is 0.357. The van der Waals surface area contributed by atoms with Crippen LogP contribution in [0.4, 0.5) is 8.78 Å². The van der Waals surface area contributed by atoms with Crippen molar-refractivity contribution in [2.45, 2.75) is 32.7 Å². The lowest BCUT2D eigenvalue weighted by Crippen LogP contribution is -2.31. The second-order valence-corrected chi connectivity index (χ2v) is 5.07. The van der Waals surface area contributed by atoms with Crippen LogP contribution < -0.4 is 0 Å². The molecule has 0 aliphatic rings. The summed E-state index contributed by atoms with van der Waals surface area (Å²) in [6, 6.07) is 0. The number of rotatable bonds is 7. The van der Waals surface area contributed by atoms with E-state index in [0.29, 0.717) is 12.5 Å². The Balaban J connectivity index is 2.58. The van der Waals surface area contributed by atoms with Crippen molar-refractivity contribution in [3.8, 4) is 0 Å². The van der Waals surface area contributed by atoms with Gasteiger partial charge in [0.1, 0.15) is 0 Å². The van der Waals surface area contributed by atoms with E-state index in [9.17, 15) is 8.78 Å². The van der Waals surface area contributed by atoms with Crippen molar-refractivity contribution in [3.63, 3.8) is 0 Å². The topological polar surface area (TPSA) is 36.4 Å². The molecule has 0 spiro atoms. The molecule has 0 aromatic carbocycles. The zero-order valence-corrected chi connectivity index (χ0v) is 10.9. The van der Waals surface area contributed by atoms with Gasteiger partial charge in [-0.05, 0) is 0 Å². The highest BCUT2D eigenvalue weighted by Crippen LogP contribution is 2.20. The molecule has 1 aromatic heterocycles. The highest BCUT2D eigenvalue weighted by atomic mass is 32.1. The molecule has 0 radical (unpaired) electrons. The molecule has 0 aliphatic heterocycles. The van der Waals surface area contributed by atoms with Gasteiger partial charge in [-0.3, -0.25) is 4.90 Å². The van der Waals surface area contributed by atoms with Gasteiger partial charge in [0.05, 0.1) is 23.9 Å². The van der Waals surface area contributed by atoms with E-state index in [0.717, 1.165) is 10.7 Å². The van der Waals surface area contributed by atoms with E-state index in [-0.39, 0.29) is 19.7 Å². The average Bonchev–Trinajstić information content (AvgIpc) is 2.65. The van der Waals surface area contributed by atoms with Crippen LogP contribution in [0.5, 0.6) is 0 Å². The third-order valence-electron chi connectivity index (χ3n) is 2.26. The van der Waals surface area contributed by atoms with E-state index in [2.05, 4.69) is 4.98 Å². The van der Waals surface area contributed by atoms with E-state index in [1.165, 1.54) is 4.90 Å². The first-order chi connectivity index (χ1) is 8.02. The Bertz CT molecular complexity index is 331. The molecule has 0 fully saturated rings. The fourth-order valence-electron chi connectivity index (χ4n) is 1.46. The summed E-state index contributed by atoms with van der Waals surface area (Å²) < 4.78 is 24.6. The number of aromatic nitrogens is 1. The highest BCUT2D eigenvalue weighted by molar-refractivity contribution is 7.09. The summed E-state index contributed by atoms with van der Waals surface area (Å²) in [7, 11) is 0. The van der Waals surface area contributed by atoms with Crippen molar-refractivity contribution in [2.75, 3.05) is 19.7 Å². The first-order valence-electron chi connectivity index (χ1n) is 5.58.